The number of rotatable bonds is 5. The fourth-order valence-electron chi connectivity index (χ4n) is 3.88. The first kappa shape index (κ1) is 16.5. The minimum absolute atomic E-state index is 0.102. The van der Waals surface area contributed by atoms with Crippen LogP contribution in [0.25, 0.3) is 0 Å². The van der Waals surface area contributed by atoms with E-state index in [4.69, 9.17) is 4.74 Å². The van der Waals surface area contributed by atoms with Gasteiger partial charge in [-0.2, -0.15) is 0 Å². The second-order valence-corrected chi connectivity index (χ2v) is 7.97. The summed E-state index contributed by atoms with van der Waals surface area (Å²) >= 11 is 0. The Kier molecular flexibility index (Phi) is 4.54. The maximum absolute atomic E-state index is 5.68. The van der Waals surface area contributed by atoms with Gasteiger partial charge in [-0.15, -0.1) is 6.58 Å². The number of hydrogen-bond donors (Lipinski definition) is 0. The molecule has 0 radical (unpaired) electrons. The molecule has 0 amide bonds. The minimum atomic E-state index is 0.102. The average Bonchev–Trinajstić information content (AvgIpc) is 3.03. The van der Waals surface area contributed by atoms with Crippen molar-refractivity contribution in [2.45, 2.75) is 72.0 Å². The Labute approximate surface area is 131 Å². The zero-order chi connectivity index (χ0) is 15.8. The van der Waals surface area contributed by atoms with Gasteiger partial charge in [-0.25, -0.2) is 0 Å². The van der Waals surface area contributed by atoms with E-state index in [9.17, 15) is 0 Å². The van der Waals surface area contributed by atoms with E-state index in [1.165, 1.54) is 24.8 Å². The van der Waals surface area contributed by atoms with Crippen molar-refractivity contribution < 1.29 is 4.74 Å². The van der Waals surface area contributed by atoms with Gasteiger partial charge in [0.15, 0.2) is 0 Å². The molecule has 0 aromatic rings. The summed E-state index contributed by atoms with van der Waals surface area (Å²) in [7, 11) is 0. The summed E-state index contributed by atoms with van der Waals surface area (Å²) in [6, 6.07) is 0. The Bertz CT molecular complexity index is 456. The first-order valence-electron chi connectivity index (χ1n) is 8.33. The van der Waals surface area contributed by atoms with Crippen molar-refractivity contribution >= 4 is 0 Å². The summed E-state index contributed by atoms with van der Waals surface area (Å²) in [5.74, 6) is 1.26. The molecule has 2 aliphatic rings. The lowest BCUT2D eigenvalue weighted by Gasteiger charge is -2.43. The lowest BCUT2D eigenvalue weighted by Crippen LogP contribution is -2.33. The molecule has 1 aliphatic carbocycles. The summed E-state index contributed by atoms with van der Waals surface area (Å²) in [6.45, 7) is 19.5. The predicted molar refractivity (Wildman–Crippen MR) is 91.3 cm³/mol. The topological polar surface area (TPSA) is 12.5 Å². The molecule has 1 saturated carbocycles. The van der Waals surface area contributed by atoms with Crippen LogP contribution in [0.15, 0.2) is 36.5 Å². The van der Waals surface area contributed by atoms with Crippen molar-refractivity contribution in [3.05, 3.63) is 36.5 Å². The Hall–Kier alpha value is -0.820. The van der Waals surface area contributed by atoms with Crippen LogP contribution in [-0.4, -0.2) is 11.7 Å². The third kappa shape index (κ3) is 3.51. The molecular formula is C20H32O. The van der Waals surface area contributed by atoms with E-state index in [0.717, 1.165) is 6.42 Å². The van der Waals surface area contributed by atoms with Gasteiger partial charge in [-0.3, -0.25) is 0 Å². The predicted octanol–water partition coefficient (Wildman–Crippen LogP) is 5.68. The van der Waals surface area contributed by atoms with Crippen LogP contribution < -0.4 is 0 Å². The van der Waals surface area contributed by atoms with Crippen LogP contribution in [0.5, 0.6) is 0 Å². The third-order valence-electron chi connectivity index (χ3n) is 5.87. The van der Waals surface area contributed by atoms with Gasteiger partial charge in [0.25, 0.3) is 0 Å². The highest BCUT2D eigenvalue weighted by Crippen LogP contribution is 2.49. The zero-order valence-electron chi connectivity index (χ0n) is 14.5. The van der Waals surface area contributed by atoms with Gasteiger partial charge >= 0.3 is 0 Å². The highest BCUT2D eigenvalue weighted by molar-refractivity contribution is 5.17. The SMILES string of the molecule is C=C[C@@]1(C)CC[C@H](/C(C)=C/C[C@@H]2OC2(C)C)C[C@@H]1C(=C)C. The fourth-order valence-corrected chi connectivity index (χ4v) is 3.88. The van der Waals surface area contributed by atoms with Gasteiger partial charge in [0.2, 0.25) is 0 Å². The van der Waals surface area contributed by atoms with E-state index in [1.807, 2.05) is 0 Å². The average molecular weight is 288 g/mol. The zero-order valence-corrected chi connectivity index (χ0v) is 14.5. The lowest BCUT2D eigenvalue weighted by molar-refractivity contribution is 0.169. The van der Waals surface area contributed by atoms with Gasteiger partial charge in [-0.05, 0) is 70.6 Å². The Balaban J connectivity index is 2.00. The summed E-state index contributed by atoms with van der Waals surface area (Å²) in [5.41, 5.74) is 3.18. The van der Waals surface area contributed by atoms with E-state index >= 15 is 0 Å². The van der Waals surface area contributed by atoms with Gasteiger partial charge in [0, 0.05) is 0 Å². The van der Waals surface area contributed by atoms with E-state index < -0.39 is 0 Å². The molecule has 1 heteroatoms. The van der Waals surface area contributed by atoms with Crippen molar-refractivity contribution in [3.63, 3.8) is 0 Å². The normalized spacial score (nSPS) is 38.9. The van der Waals surface area contributed by atoms with E-state index in [-0.39, 0.29) is 11.0 Å². The molecule has 0 spiro atoms. The van der Waals surface area contributed by atoms with Gasteiger partial charge in [-0.1, -0.05) is 36.8 Å². The highest BCUT2D eigenvalue weighted by Gasteiger charge is 2.46. The largest absolute Gasteiger partial charge is 0.366 e. The van der Waals surface area contributed by atoms with Crippen LogP contribution in [0.3, 0.4) is 0 Å². The lowest BCUT2D eigenvalue weighted by atomic mass is 9.61. The van der Waals surface area contributed by atoms with E-state index in [2.05, 4.69) is 59.9 Å². The first-order valence-corrected chi connectivity index (χ1v) is 8.33. The van der Waals surface area contributed by atoms with Crippen molar-refractivity contribution in [2.75, 3.05) is 0 Å². The van der Waals surface area contributed by atoms with E-state index in [0.29, 0.717) is 17.9 Å². The number of hydrogen-bond acceptors (Lipinski definition) is 1. The molecule has 21 heavy (non-hydrogen) atoms. The summed E-state index contributed by atoms with van der Waals surface area (Å²) in [4.78, 5) is 0. The van der Waals surface area contributed by atoms with Crippen LogP contribution in [-0.2, 0) is 4.74 Å². The third-order valence-corrected chi connectivity index (χ3v) is 5.87. The second kappa shape index (κ2) is 5.76. The van der Waals surface area contributed by atoms with Gasteiger partial charge < -0.3 is 4.74 Å². The number of allylic oxidation sites excluding steroid dienone is 3. The van der Waals surface area contributed by atoms with Crippen LogP contribution in [0.4, 0.5) is 0 Å². The minimum Gasteiger partial charge on any atom is -0.366 e. The molecule has 1 nitrogen and oxygen atoms in total. The summed E-state index contributed by atoms with van der Waals surface area (Å²) in [6.07, 6.45) is 9.75. The molecular weight excluding hydrogens is 256 g/mol. The van der Waals surface area contributed by atoms with Crippen LogP contribution in [0.1, 0.15) is 60.3 Å². The smallest absolute Gasteiger partial charge is 0.0902 e. The molecule has 0 bridgehead atoms. The second-order valence-electron chi connectivity index (χ2n) is 7.97. The Morgan fingerprint density at radius 1 is 1.29 bits per heavy atom. The molecule has 0 aromatic heterocycles. The van der Waals surface area contributed by atoms with Gasteiger partial charge in [0.1, 0.15) is 0 Å². The molecule has 1 saturated heterocycles. The summed E-state index contributed by atoms with van der Waals surface area (Å²) in [5, 5.41) is 0. The monoisotopic (exact) mass is 288 g/mol. The molecule has 2 fully saturated rings. The Morgan fingerprint density at radius 2 is 1.90 bits per heavy atom. The molecule has 0 N–H and O–H groups in total. The molecule has 0 unspecified atom stereocenters. The van der Waals surface area contributed by atoms with Crippen molar-refractivity contribution in [1.29, 1.82) is 0 Å². The van der Waals surface area contributed by atoms with Crippen molar-refractivity contribution in [2.24, 2.45) is 17.3 Å². The highest BCUT2D eigenvalue weighted by atomic mass is 16.6. The fraction of sp³-hybridized carbons (Fsp3) is 0.700. The molecule has 1 aliphatic heterocycles. The standard InChI is InChI=1S/C20H32O/c1-8-20(7)12-11-16(13-17(20)14(2)3)15(4)9-10-18-19(5,6)21-18/h8-9,16-18H,1-2,10-13H2,3-7H3/b15-9+/t16-,17+,18-,20-/m0/s1. The maximum Gasteiger partial charge on any atom is 0.0902 e. The summed E-state index contributed by atoms with van der Waals surface area (Å²) < 4.78 is 5.68. The van der Waals surface area contributed by atoms with Crippen LogP contribution in [0, 0.1) is 17.3 Å². The molecule has 0 aromatic carbocycles. The molecule has 4 atom stereocenters. The maximum atomic E-state index is 5.68. The van der Waals surface area contributed by atoms with Crippen LogP contribution in [0.2, 0.25) is 0 Å². The molecule has 2 rings (SSSR count). The van der Waals surface area contributed by atoms with Gasteiger partial charge in [0.05, 0.1) is 11.7 Å². The quantitative estimate of drug-likeness (QED) is 0.468. The Morgan fingerprint density at radius 3 is 2.38 bits per heavy atom. The van der Waals surface area contributed by atoms with Crippen molar-refractivity contribution in [3.8, 4) is 0 Å². The van der Waals surface area contributed by atoms with Crippen molar-refractivity contribution in [1.82, 2.24) is 0 Å². The number of ether oxygens (including phenoxy) is 1. The molecule has 118 valence electrons. The van der Waals surface area contributed by atoms with Crippen LogP contribution >= 0.6 is 0 Å². The molecule has 1 heterocycles. The first-order chi connectivity index (χ1) is 9.69. The van der Waals surface area contributed by atoms with E-state index in [1.54, 1.807) is 5.57 Å². The number of epoxide rings is 1.